The van der Waals surface area contributed by atoms with Crippen LogP contribution in [-0.4, -0.2) is 44.4 Å². The van der Waals surface area contributed by atoms with E-state index in [0.717, 1.165) is 13.0 Å². The molecule has 5 heteroatoms. The standard InChI is InChI=1S/C15H20N2O3/c18-15(17-9-13-10-19-5-6-20-13)14-7-11-3-1-2-4-12(11)8-16-14/h1-4,13-14,16H,5-10H2,(H,17,18)/t13?,14-/m1/s1. The van der Waals surface area contributed by atoms with E-state index in [9.17, 15) is 4.79 Å². The number of fused-ring (bicyclic) bond motifs is 1. The summed E-state index contributed by atoms with van der Waals surface area (Å²) >= 11 is 0. The van der Waals surface area contributed by atoms with Crippen LogP contribution >= 0.6 is 0 Å². The van der Waals surface area contributed by atoms with Crippen molar-refractivity contribution in [3.8, 4) is 0 Å². The van der Waals surface area contributed by atoms with E-state index in [0.29, 0.717) is 26.4 Å². The van der Waals surface area contributed by atoms with Crippen molar-refractivity contribution in [3.63, 3.8) is 0 Å². The fourth-order valence-electron chi connectivity index (χ4n) is 2.63. The summed E-state index contributed by atoms with van der Waals surface area (Å²) in [7, 11) is 0. The van der Waals surface area contributed by atoms with Gasteiger partial charge in [0.1, 0.15) is 0 Å². The van der Waals surface area contributed by atoms with E-state index in [1.54, 1.807) is 0 Å². The Labute approximate surface area is 118 Å². The van der Waals surface area contributed by atoms with Gasteiger partial charge < -0.3 is 20.1 Å². The highest BCUT2D eigenvalue weighted by Crippen LogP contribution is 2.16. The smallest absolute Gasteiger partial charge is 0.237 e. The molecule has 0 saturated carbocycles. The topological polar surface area (TPSA) is 59.6 Å². The second kappa shape index (κ2) is 6.35. The monoisotopic (exact) mass is 276 g/mol. The molecule has 1 saturated heterocycles. The molecule has 0 radical (unpaired) electrons. The van der Waals surface area contributed by atoms with Crippen LogP contribution in [0.5, 0.6) is 0 Å². The Balaban J connectivity index is 1.51. The van der Waals surface area contributed by atoms with Crippen LogP contribution < -0.4 is 10.6 Å². The highest BCUT2D eigenvalue weighted by atomic mass is 16.6. The minimum Gasteiger partial charge on any atom is -0.376 e. The summed E-state index contributed by atoms with van der Waals surface area (Å²) in [5, 5.41) is 6.23. The van der Waals surface area contributed by atoms with Gasteiger partial charge in [0.2, 0.25) is 5.91 Å². The summed E-state index contributed by atoms with van der Waals surface area (Å²) in [6.45, 7) is 3.07. The third-order valence-electron chi connectivity index (χ3n) is 3.79. The molecule has 2 N–H and O–H groups in total. The van der Waals surface area contributed by atoms with Crippen LogP contribution in [0.4, 0.5) is 0 Å². The van der Waals surface area contributed by atoms with E-state index in [-0.39, 0.29) is 18.1 Å². The Morgan fingerprint density at radius 3 is 2.95 bits per heavy atom. The van der Waals surface area contributed by atoms with Gasteiger partial charge in [0.05, 0.1) is 32.0 Å². The maximum absolute atomic E-state index is 12.2. The van der Waals surface area contributed by atoms with E-state index < -0.39 is 0 Å². The molecule has 108 valence electrons. The van der Waals surface area contributed by atoms with Gasteiger partial charge in [-0.1, -0.05) is 24.3 Å². The second-order valence-corrected chi connectivity index (χ2v) is 5.22. The Morgan fingerprint density at radius 1 is 1.30 bits per heavy atom. The first-order chi connectivity index (χ1) is 9.83. The quantitative estimate of drug-likeness (QED) is 0.830. The van der Waals surface area contributed by atoms with E-state index in [2.05, 4.69) is 22.8 Å². The van der Waals surface area contributed by atoms with Crippen molar-refractivity contribution >= 4 is 5.91 Å². The highest BCUT2D eigenvalue weighted by molar-refractivity contribution is 5.82. The number of nitrogens with one attached hydrogen (secondary N) is 2. The Bertz CT molecular complexity index is 472. The number of rotatable bonds is 3. The predicted octanol–water partition coefficient (Wildman–Crippen LogP) is 0.232. The number of ether oxygens (including phenoxy) is 2. The first-order valence-corrected chi connectivity index (χ1v) is 7.10. The lowest BCUT2D eigenvalue weighted by Gasteiger charge is -2.27. The van der Waals surface area contributed by atoms with Crippen molar-refractivity contribution in [2.75, 3.05) is 26.4 Å². The molecule has 3 rings (SSSR count). The largest absolute Gasteiger partial charge is 0.376 e. The van der Waals surface area contributed by atoms with Gasteiger partial charge in [0, 0.05) is 13.1 Å². The van der Waals surface area contributed by atoms with Gasteiger partial charge in [-0.15, -0.1) is 0 Å². The van der Waals surface area contributed by atoms with Crippen LogP contribution in [0.15, 0.2) is 24.3 Å². The molecule has 20 heavy (non-hydrogen) atoms. The fraction of sp³-hybridized carbons (Fsp3) is 0.533. The molecule has 1 aromatic rings. The van der Waals surface area contributed by atoms with Crippen molar-refractivity contribution in [2.24, 2.45) is 0 Å². The fourth-order valence-corrected chi connectivity index (χ4v) is 2.63. The van der Waals surface area contributed by atoms with Crippen molar-refractivity contribution in [1.29, 1.82) is 0 Å². The van der Waals surface area contributed by atoms with Crippen LogP contribution in [0.25, 0.3) is 0 Å². The number of carbonyl (C=O) groups is 1. The van der Waals surface area contributed by atoms with E-state index >= 15 is 0 Å². The van der Waals surface area contributed by atoms with Gasteiger partial charge in [-0.25, -0.2) is 0 Å². The number of benzene rings is 1. The van der Waals surface area contributed by atoms with Gasteiger partial charge in [0.15, 0.2) is 0 Å². The van der Waals surface area contributed by atoms with Gasteiger partial charge in [0.25, 0.3) is 0 Å². The summed E-state index contributed by atoms with van der Waals surface area (Å²) in [4.78, 5) is 12.2. The van der Waals surface area contributed by atoms with Crippen molar-refractivity contribution in [2.45, 2.75) is 25.1 Å². The number of carbonyl (C=O) groups excluding carboxylic acids is 1. The van der Waals surface area contributed by atoms with Crippen LogP contribution in [-0.2, 0) is 27.2 Å². The number of hydrogen-bond acceptors (Lipinski definition) is 4. The van der Waals surface area contributed by atoms with Crippen molar-refractivity contribution in [3.05, 3.63) is 35.4 Å². The molecule has 0 bridgehead atoms. The average molecular weight is 276 g/mol. The van der Waals surface area contributed by atoms with Crippen LogP contribution in [0.3, 0.4) is 0 Å². The van der Waals surface area contributed by atoms with E-state index in [1.807, 2.05) is 12.1 Å². The molecule has 1 unspecified atom stereocenters. The summed E-state index contributed by atoms with van der Waals surface area (Å²) in [6, 6.07) is 8.08. The van der Waals surface area contributed by atoms with E-state index in [1.165, 1.54) is 11.1 Å². The lowest BCUT2D eigenvalue weighted by Crippen LogP contribution is -2.50. The minimum atomic E-state index is -0.158. The molecule has 0 spiro atoms. The molecule has 2 atom stereocenters. The predicted molar refractivity (Wildman–Crippen MR) is 74.3 cm³/mol. The summed E-state index contributed by atoms with van der Waals surface area (Å²) < 4.78 is 10.8. The normalized spacial score (nSPS) is 25.8. The third kappa shape index (κ3) is 3.17. The number of hydrogen-bond donors (Lipinski definition) is 2. The minimum absolute atomic E-state index is 0.0245. The molecule has 1 amide bonds. The first-order valence-electron chi connectivity index (χ1n) is 7.10. The molecule has 2 aliphatic rings. The molecular formula is C15H20N2O3. The molecule has 1 fully saturated rings. The Hall–Kier alpha value is -1.43. The maximum atomic E-state index is 12.2. The molecule has 0 aliphatic carbocycles. The van der Waals surface area contributed by atoms with Gasteiger partial charge >= 0.3 is 0 Å². The zero-order valence-corrected chi connectivity index (χ0v) is 11.4. The highest BCUT2D eigenvalue weighted by Gasteiger charge is 2.24. The van der Waals surface area contributed by atoms with E-state index in [4.69, 9.17) is 9.47 Å². The second-order valence-electron chi connectivity index (χ2n) is 5.22. The van der Waals surface area contributed by atoms with Crippen LogP contribution in [0.2, 0.25) is 0 Å². The van der Waals surface area contributed by atoms with Crippen LogP contribution in [0.1, 0.15) is 11.1 Å². The van der Waals surface area contributed by atoms with Crippen molar-refractivity contribution < 1.29 is 14.3 Å². The zero-order valence-electron chi connectivity index (χ0n) is 11.4. The van der Waals surface area contributed by atoms with Gasteiger partial charge in [-0.05, 0) is 17.5 Å². The molecular weight excluding hydrogens is 256 g/mol. The lowest BCUT2D eigenvalue weighted by molar-refractivity contribution is -0.126. The van der Waals surface area contributed by atoms with Crippen LogP contribution in [0, 0.1) is 0 Å². The molecule has 2 aliphatic heterocycles. The molecule has 0 aromatic heterocycles. The zero-order chi connectivity index (χ0) is 13.8. The summed E-state index contributed by atoms with van der Waals surface area (Å²) in [5.74, 6) is 0.0358. The molecule has 5 nitrogen and oxygen atoms in total. The Kier molecular flexibility index (Phi) is 4.30. The lowest BCUT2D eigenvalue weighted by atomic mass is 9.95. The Morgan fingerprint density at radius 2 is 2.15 bits per heavy atom. The summed E-state index contributed by atoms with van der Waals surface area (Å²) in [6.07, 6.45) is 0.716. The molecule has 1 aromatic carbocycles. The maximum Gasteiger partial charge on any atom is 0.237 e. The number of amides is 1. The molecule has 2 heterocycles. The third-order valence-corrected chi connectivity index (χ3v) is 3.79. The average Bonchev–Trinajstić information content (AvgIpc) is 2.53. The van der Waals surface area contributed by atoms with Crippen molar-refractivity contribution in [1.82, 2.24) is 10.6 Å². The van der Waals surface area contributed by atoms with Gasteiger partial charge in [-0.2, -0.15) is 0 Å². The first kappa shape index (κ1) is 13.5. The summed E-state index contributed by atoms with van der Waals surface area (Å²) in [5.41, 5.74) is 2.53. The SMILES string of the molecule is O=C(NCC1COCCO1)[C@H]1Cc2ccccc2CN1. The van der Waals surface area contributed by atoms with Gasteiger partial charge in [-0.3, -0.25) is 4.79 Å².